The Morgan fingerprint density at radius 2 is 1.68 bits per heavy atom. The van der Waals surface area contributed by atoms with Gasteiger partial charge in [0.15, 0.2) is 0 Å². The Morgan fingerprint density at radius 1 is 1.06 bits per heavy atom. The number of likely N-dealkylation sites (N-methyl/N-ethyl adjacent to an activating group) is 1. The minimum absolute atomic E-state index is 0.0837. The second kappa shape index (κ2) is 10.3. The quantitative estimate of drug-likeness (QED) is 0.652. The fourth-order valence-electron chi connectivity index (χ4n) is 4.99. The van der Waals surface area contributed by atoms with E-state index in [1.807, 2.05) is 36.4 Å². The molecule has 2 N–H and O–H groups in total. The Kier molecular flexibility index (Phi) is 7.17. The third-order valence-electron chi connectivity index (χ3n) is 6.55. The number of likely N-dealkylation sites (tertiary alicyclic amines) is 1. The van der Waals surface area contributed by atoms with Crippen LogP contribution in [0.25, 0.3) is 11.1 Å². The van der Waals surface area contributed by atoms with Gasteiger partial charge in [-0.05, 0) is 55.6 Å². The standard InChI is InChI=1S/C26H31N3O5/c1-28(2)15-22(24(30)29-14-8-7-13-23(29)25(31)32)27-26(33)34-16-21-19-11-5-3-9-17(19)18-10-4-6-12-20(18)21/h3-6,9-12,21-23H,7-8,13-16H2,1-2H3,(H,27,33)(H,31,32)/t22-,23?/m0/s1. The number of fused-ring (bicyclic) bond motifs is 3. The first kappa shape index (κ1) is 23.8. The van der Waals surface area contributed by atoms with Crippen LogP contribution >= 0.6 is 0 Å². The summed E-state index contributed by atoms with van der Waals surface area (Å²) in [6, 6.07) is 14.4. The molecule has 2 atom stereocenters. The molecule has 8 nitrogen and oxygen atoms in total. The van der Waals surface area contributed by atoms with Gasteiger partial charge in [0.05, 0.1) is 0 Å². The summed E-state index contributed by atoms with van der Waals surface area (Å²) < 4.78 is 5.61. The Balaban J connectivity index is 1.45. The average molecular weight is 466 g/mol. The van der Waals surface area contributed by atoms with Crippen molar-refractivity contribution in [1.82, 2.24) is 15.1 Å². The zero-order valence-electron chi connectivity index (χ0n) is 19.6. The Morgan fingerprint density at radius 3 is 2.26 bits per heavy atom. The number of benzene rings is 2. The second-order valence-electron chi connectivity index (χ2n) is 9.17. The number of hydrogen-bond donors (Lipinski definition) is 2. The largest absolute Gasteiger partial charge is 0.480 e. The summed E-state index contributed by atoms with van der Waals surface area (Å²) in [6.45, 7) is 0.752. The SMILES string of the molecule is CN(C)C[C@H](NC(=O)OCC1c2ccccc2-c2ccccc21)C(=O)N1CCCCC1C(=O)O. The van der Waals surface area contributed by atoms with Gasteiger partial charge >= 0.3 is 12.1 Å². The number of carboxylic acids is 1. The number of piperidine rings is 1. The van der Waals surface area contributed by atoms with E-state index < -0.39 is 30.1 Å². The Hall–Kier alpha value is -3.39. The molecule has 1 aliphatic carbocycles. The van der Waals surface area contributed by atoms with Gasteiger partial charge in [-0.15, -0.1) is 0 Å². The fraction of sp³-hybridized carbons (Fsp3) is 0.423. The molecule has 2 aromatic carbocycles. The number of rotatable bonds is 7. The van der Waals surface area contributed by atoms with Crippen molar-refractivity contribution in [2.45, 2.75) is 37.3 Å². The topological polar surface area (TPSA) is 99.2 Å². The maximum Gasteiger partial charge on any atom is 0.407 e. The van der Waals surface area contributed by atoms with E-state index >= 15 is 0 Å². The van der Waals surface area contributed by atoms with Gasteiger partial charge < -0.3 is 25.0 Å². The van der Waals surface area contributed by atoms with E-state index in [0.717, 1.165) is 35.1 Å². The van der Waals surface area contributed by atoms with Crippen molar-refractivity contribution in [1.29, 1.82) is 0 Å². The van der Waals surface area contributed by atoms with Crippen LogP contribution in [0.5, 0.6) is 0 Å². The molecular weight excluding hydrogens is 434 g/mol. The third-order valence-corrected chi connectivity index (χ3v) is 6.55. The highest BCUT2D eigenvalue weighted by molar-refractivity contribution is 5.89. The predicted octanol–water partition coefficient (Wildman–Crippen LogP) is 2.92. The van der Waals surface area contributed by atoms with Gasteiger partial charge in [0.1, 0.15) is 18.7 Å². The Bertz CT molecular complexity index is 1020. The summed E-state index contributed by atoms with van der Waals surface area (Å²) in [5, 5.41) is 12.2. The first-order valence-corrected chi connectivity index (χ1v) is 11.7. The van der Waals surface area contributed by atoms with Crippen molar-refractivity contribution < 1.29 is 24.2 Å². The summed E-state index contributed by atoms with van der Waals surface area (Å²) in [7, 11) is 3.59. The lowest BCUT2D eigenvalue weighted by Crippen LogP contribution is -2.58. The van der Waals surface area contributed by atoms with Gasteiger partial charge in [-0.1, -0.05) is 48.5 Å². The van der Waals surface area contributed by atoms with Crippen molar-refractivity contribution in [2.75, 3.05) is 33.8 Å². The van der Waals surface area contributed by atoms with Gasteiger partial charge in [-0.2, -0.15) is 0 Å². The van der Waals surface area contributed by atoms with Crippen LogP contribution in [0.1, 0.15) is 36.3 Å². The summed E-state index contributed by atoms with van der Waals surface area (Å²) in [6.07, 6.45) is 1.24. The molecule has 1 unspecified atom stereocenters. The number of alkyl carbamates (subject to hydrolysis) is 1. The second-order valence-corrected chi connectivity index (χ2v) is 9.17. The van der Waals surface area contributed by atoms with Crippen LogP contribution in [-0.4, -0.2) is 78.8 Å². The molecular formula is C26H31N3O5. The van der Waals surface area contributed by atoms with E-state index in [1.165, 1.54) is 4.90 Å². The van der Waals surface area contributed by atoms with Crippen molar-refractivity contribution in [2.24, 2.45) is 0 Å². The van der Waals surface area contributed by atoms with Crippen LogP contribution in [-0.2, 0) is 14.3 Å². The number of hydrogen-bond acceptors (Lipinski definition) is 5. The van der Waals surface area contributed by atoms with E-state index in [-0.39, 0.29) is 19.1 Å². The minimum Gasteiger partial charge on any atom is -0.480 e. The average Bonchev–Trinajstić information content (AvgIpc) is 3.15. The third kappa shape index (κ3) is 4.92. The molecule has 180 valence electrons. The molecule has 0 spiro atoms. The van der Waals surface area contributed by atoms with E-state index in [9.17, 15) is 19.5 Å². The molecule has 0 bridgehead atoms. The lowest BCUT2D eigenvalue weighted by Gasteiger charge is -2.36. The highest BCUT2D eigenvalue weighted by atomic mass is 16.5. The fourth-order valence-corrected chi connectivity index (χ4v) is 4.99. The highest BCUT2D eigenvalue weighted by Gasteiger charge is 2.37. The number of carbonyl (C=O) groups excluding carboxylic acids is 2. The Labute approximate surface area is 199 Å². The number of nitrogens with one attached hydrogen (secondary N) is 1. The lowest BCUT2D eigenvalue weighted by molar-refractivity contribution is -0.153. The molecule has 2 amide bonds. The summed E-state index contributed by atoms with van der Waals surface area (Å²) in [4.78, 5) is 40.9. The molecule has 1 heterocycles. The molecule has 2 aliphatic rings. The molecule has 1 aliphatic heterocycles. The molecule has 4 rings (SSSR count). The maximum absolute atomic E-state index is 13.2. The van der Waals surface area contributed by atoms with Crippen LogP contribution in [0.3, 0.4) is 0 Å². The van der Waals surface area contributed by atoms with Crippen LogP contribution in [0, 0.1) is 0 Å². The number of amides is 2. The molecule has 8 heteroatoms. The van der Waals surface area contributed by atoms with E-state index in [0.29, 0.717) is 13.0 Å². The van der Waals surface area contributed by atoms with Crippen molar-refractivity contribution >= 4 is 18.0 Å². The summed E-state index contributed by atoms with van der Waals surface area (Å²) in [5.74, 6) is -1.49. The zero-order chi connectivity index (χ0) is 24.2. The lowest BCUT2D eigenvalue weighted by atomic mass is 9.98. The van der Waals surface area contributed by atoms with E-state index in [1.54, 1.807) is 19.0 Å². The minimum atomic E-state index is -1.02. The molecule has 1 saturated heterocycles. The van der Waals surface area contributed by atoms with Crippen LogP contribution < -0.4 is 5.32 Å². The summed E-state index contributed by atoms with van der Waals surface area (Å²) in [5.41, 5.74) is 4.49. The number of carboxylic acid groups (broad SMARTS) is 1. The first-order valence-electron chi connectivity index (χ1n) is 11.7. The molecule has 0 aromatic heterocycles. The number of ether oxygens (including phenoxy) is 1. The number of carbonyl (C=O) groups is 3. The molecule has 0 radical (unpaired) electrons. The first-order chi connectivity index (χ1) is 16.4. The van der Waals surface area contributed by atoms with Crippen molar-refractivity contribution in [3.63, 3.8) is 0 Å². The van der Waals surface area contributed by atoms with Gasteiger partial charge in [-0.3, -0.25) is 4.79 Å². The van der Waals surface area contributed by atoms with E-state index in [2.05, 4.69) is 17.4 Å². The number of nitrogens with zero attached hydrogens (tertiary/aromatic N) is 2. The zero-order valence-corrected chi connectivity index (χ0v) is 19.6. The van der Waals surface area contributed by atoms with Crippen LogP contribution in [0.2, 0.25) is 0 Å². The molecule has 0 saturated carbocycles. The predicted molar refractivity (Wildman–Crippen MR) is 128 cm³/mol. The van der Waals surface area contributed by atoms with Gasteiger partial charge in [0.25, 0.3) is 0 Å². The molecule has 2 aromatic rings. The molecule has 1 fully saturated rings. The van der Waals surface area contributed by atoms with Crippen LogP contribution in [0.15, 0.2) is 48.5 Å². The number of aliphatic carboxylic acids is 1. The smallest absolute Gasteiger partial charge is 0.407 e. The summed E-state index contributed by atoms with van der Waals surface area (Å²) >= 11 is 0. The van der Waals surface area contributed by atoms with Gasteiger partial charge in [0, 0.05) is 19.0 Å². The highest BCUT2D eigenvalue weighted by Crippen LogP contribution is 2.44. The normalized spacial score (nSPS) is 18.2. The maximum atomic E-state index is 13.2. The van der Waals surface area contributed by atoms with Gasteiger partial charge in [0.2, 0.25) is 5.91 Å². The van der Waals surface area contributed by atoms with E-state index in [4.69, 9.17) is 4.74 Å². The monoisotopic (exact) mass is 465 g/mol. The van der Waals surface area contributed by atoms with Crippen molar-refractivity contribution in [3.05, 3.63) is 59.7 Å². The molecule has 34 heavy (non-hydrogen) atoms. The van der Waals surface area contributed by atoms with Crippen molar-refractivity contribution in [3.8, 4) is 11.1 Å². The van der Waals surface area contributed by atoms with Crippen LogP contribution in [0.4, 0.5) is 4.79 Å². The van der Waals surface area contributed by atoms with Gasteiger partial charge in [-0.25, -0.2) is 9.59 Å².